The molecule has 0 aliphatic heterocycles. The number of carbonyl (C=O) groups excluding carboxylic acids is 1. The molecular weight excluding hydrogens is 326 g/mol. The Balaban J connectivity index is 2.06. The maximum absolute atomic E-state index is 11.4. The summed E-state index contributed by atoms with van der Waals surface area (Å²) >= 11 is 0. The molecule has 0 radical (unpaired) electrons. The zero-order valence-electron chi connectivity index (χ0n) is 16.0. The number of hydrogen-bond acceptors (Lipinski definition) is 4. The van der Waals surface area contributed by atoms with Gasteiger partial charge in [-0.25, -0.2) is 9.67 Å². The molecule has 1 amide bonds. The molecule has 140 valence electrons. The summed E-state index contributed by atoms with van der Waals surface area (Å²) in [6.07, 6.45) is 6.02. The Hall–Kier alpha value is -2.21. The van der Waals surface area contributed by atoms with Gasteiger partial charge in [0.1, 0.15) is 5.82 Å². The van der Waals surface area contributed by atoms with Crippen LogP contribution in [-0.2, 0) is 11.2 Å². The second-order valence-corrected chi connectivity index (χ2v) is 7.55. The van der Waals surface area contributed by atoms with Crippen LogP contribution in [0.25, 0.3) is 0 Å². The first kappa shape index (κ1) is 18.6. The Morgan fingerprint density at radius 3 is 2.65 bits per heavy atom. The molecular formula is C20H29N5O. The highest BCUT2D eigenvalue weighted by Gasteiger charge is 2.28. The number of aryl methyl sites for hydroxylation is 1. The first-order valence-electron chi connectivity index (χ1n) is 9.42. The number of rotatable bonds is 6. The lowest BCUT2D eigenvalue weighted by Crippen LogP contribution is -2.27. The Morgan fingerprint density at radius 1 is 1.31 bits per heavy atom. The van der Waals surface area contributed by atoms with E-state index in [1.165, 1.54) is 30.4 Å². The molecule has 1 aromatic carbocycles. The SMILES string of the molecule is Cc1cccc(C(c2nc(CC(N)=O)nn2C2CCCCC2)N(C)C)c1. The molecule has 1 fully saturated rings. The minimum Gasteiger partial charge on any atom is -0.369 e. The van der Waals surface area contributed by atoms with Crippen LogP contribution in [0.5, 0.6) is 0 Å². The molecule has 1 aliphatic rings. The minimum atomic E-state index is -0.394. The van der Waals surface area contributed by atoms with Crippen molar-refractivity contribution in [1.29, 1.82) is 0 Å². The van der Waals surface area contributed by atoms with Gasteiger partial charge in [-0.05, 0) is 39.4 Å². The van der Waals surface area contributed by atoms with Crippen molar-refractivity contribution in [1.82, 2.24) is 19.7 Å². The van der Waals surface area contributed by atoms with E-state index in [0.717, 1.165) is 18.7 Å². The molecule has 3 rings (SSSR count). The van der Waals surface area contributed by atoms with Crippen molar-refractivity contribution in [3.63, 3.8) is 0 Å². The van der Waals surface area contributed by atoms with Crippen molar-refractivity contribution >= 4 is 5.91 Å². The fourth-order valence-electron chi connectivity index (χ4n) is 3.91. The number of hydrogen-bond donors (Lipinski definition) is 1. The van der Waals surface area contributed by atoms with Crippen LogP contribution in [0, 0.1) is 6.92 Å². The van der Waals surface area contributed by atoms with Crippen LogP contribution in [0.4, 0.5) is 0 Å². The Morgan fingerprint density at radius 2 is 2.04 bits per heavy atom. The second-order valence-electron chi connectivity index (χ2n) is 7.55. The summed E-state index contributed by atoms with van der Waals surface area (Å²) in [5.74, 6) is 1.04. The molecule has 6 heteroatoms. The van der Waals surface area contributed by atoms with Crippen LogP contribution in [-0.4, -0.2) is 39.7 Å². The maximum Gasteiger partial charge on any atom is 0.225 e. The number of aromatic nitrogens is 3. The first-order valence-corrected chi connectivity index (χ1v) is 9.42. The Labute approximate surface area is 155 Å². The van der Waals surface area contributed by atoms with Crippen molar-refractivity contribution in [2.75, 3.05) is 14.1 Å². The zero-order valence-corrected chi connectivity index (χ0v) is 16.0. The molecule has 2 N–H and O–H groups in total. The smallest absolute Gasteiger partial charge is 0.225 e. The van der Waals surface area contributed by atoms with Gasteiger partial charge in [-0.2, -0.15) is 5.10 Å². The van der Waals surface area contributed by atoms with E-state index >= 15 is 0 Å². The number of primary amides is 1. The Kier molecular flexibility index (Phi) is 5.71. The van der Waals surface area contributed by atoms with E-state index in [0.29, 0.717) is 11.9 Å². The van der Waals surface area contributed by atoms with E-state index in [4.69, 9.17) is 15.8 Å². The van der Waals surface area contributed by atoms with Crippen molar-refractivity contribution in [3.8, 4) is 0 Å². The third-order valence-corrected chi connectivity index (χ3v) is 5.07. The zero-order chi connectivity index (χ0) is 18.7. The van der Waals surface area contributed by atoms with Crippen LogP contribution in [0.3, 0.4) is 0 Å². The quantitative estimate of drug-likeness (QED) is 0.864. The van der Waals surface area contributed by atoms with Gasteiger partial charge in [0.05, 0.1) is 18.5 Å². The van der Waals surface area contributed by atoms with Gasteiger partial charge in [0, 0.05) is 0 Å². The van der Waals surface area contributed by atoms with Gasteiger partial charge in [0.2, 0.25) is 5.91 Å². The predicted molar refractivity (Wildman–Crippen MR) is 102 cm³/mol. The number of nitrogens with zero attached hydrogens (tertiary/aromatic N) is 4. The summed E-state index contributed by atoms with van der Waals surface area (Å²) in [5.41, 5.74) is 7.79. The van der Waals surface area contributed by atoms with E-state index in [1.807, 2.05) is 0 Å². The van der Waals surface area contributed by atoms with Gasteiger partial charge in [-0.1, -0.05) is 49.1 Å². The molecule has 1 heterocycles. The van der Waals surface area contributed by atoms with Crippen LogP contribution in [0.1, 0.15) is 67.0 Å². The molecule has 26 heavy (non-hydrogen) atoms. The van der Waals surface area contributed by atoms with Gasteiger partial charge in [-0.15, -0.1) is 0 Å². The van der Waals surface area contributed by atoms with E-state index < -0.39 is 5.91 Å². The lowest BCUT2D eigenvalue weighted by molar-refractivity contribution is -0.117. The monoisotopic (exact) mass is 355 g/mol. The molecule has 1 aliphatic carbocycles. The van der Waals surface area contributed by atoms with Crippen molar-refractivity contribution in [2.24, 2.45) is 5.73 Å². The fourth-order valence-corrected chi connectivity index (χ4v) is 3.91. The summed E-state index contributed by atoms with van der Waals surface area (Å²) in [6.45, 7) is 2.10. The molecule has 1 atom stereocenters. The molecule has 1 aromatic heterocycles. The van der Waals surface area contributed by atoms with Crippen molar-refractivity contribution in [3.05, 3.63) is 47.0 Å². The van der Waals surface area contributed by atoms with Crippen LogP contribution in [0.15, 0.2) is 24.3 Å². The van der Waals surface area contributed by atoms with Gasteiger partial charge >= 0.3 is 0 Å². The summed E-state index contributed by atoms with van der Waals surface area (Å²) in [7, 11) is 4.11. The number of nitrogens with two attached hydrogens (primary N) is 1. The predicted octanol–water partition coefficient (Wildman–Crippen LogP) is 2.77. The van der Waals surface area contributed by atoms with Crippen molar-refractivity contribution in [2.45, 2.75) is 57.5 Å². The minimum absolute atomic E-state index is 0.00838. The maximum atomic E-state index is 11.4. The van der Waals surface area contributed by atoms with Gasteiger partial charge in [0.15, 0.2) is 5.82 Å². The molecule has 1 unspecified atom stereocenters. The van der Waals surface area contributed by atoms with E-state index in [1.54, 1.807) is 0 Å². The van der Waals surface area contributed by atoms with Crippen LogP contribution < -0.4 is 5.73 Å². The summed E-state index contributed by atoms with van der Waals surface area (Å²) < 4.78 is 2.07. The van der Waals surface area contributed by atoms with E-state index in [9.17, 15) is 4.79 Å². The van der Waals surface area contributed by atoms with Gasteiger partial charge in [-0.3, -0.25) is 9.69 Å². The molecule has 2 aromatic rings. The molecule has 0 spiro atoms. The molecule has 0 saturated heterocycles. The lowest BCUT2D eigenvalue weighted by atomic mass is 9.95. The molecule has 6 nitrogen and oxygen atoms in total. The lowest BCUT2D eigenvalue weighted by Gasteiger charge is -2.29. The number of carbonyl (C=O) groups is 1. The average molecular weight is 355 g/mol. The highest BCUT2D eigenvalue weighted by atomic mass is 16.1. The summed E-state index contributed by atoms with van der Waals surface area (Å²) in [6, 6.07) is 8.84. The highest BCUT2D eigenvalue weighted by Crippen LogP contribution is 2.33. The number of benzene rings is 1. The normalized spacial score (nSPS) is 16.8. The summed E-state index contributed by atoms with van der Waals surface area (Å²) in [4.78, 5) is 18.3. The summed E-state index contributed by atoms with van der Waals surface area (Å²) in [5, 5.41) is 4.70. The van der Waals surface area contributed by atoms with Gasteiger partial charge < -0.3 is 5.73 Å². The largest absolute Gasteiger partial charge is 0.369 e. The number of amides is 1. The topological polar surface area (TPSA) is 77.0 Å². The average Bonchev–Trinajstić information content (AvgIpc) is 2.98. The fraction of sp³-hybridized carbons (Fsp3) is 0.550. The van der Waals surface area contributed by atoms with Crippen LogP contribution in [0.2, 0.25) is 0 Å². The first-order chi connectivity index (χ1) is 12.5. The molecule has 1 saturated carbocycles. The van der Waals surface area contributed by atoms with Crippen LogP contribution >= 0.6 is 0 Å². The third kappa shape index (κ3) is 4.12. The van der Waals surface area contributed by atoms with E-state index in [-0.39, 0.29) is 12.5 Å². The Bertz CT molecular complexity index is 761. The highest BCUT2D eigenvalue weighted by molar-refractivity contribution is 5.75. The van der Waals surface area contributed by atoms with E-state index in [2.05, 4.69) is 54.9 Å². The molecule has 0 bridgehead atoms. The third-order valence-electron chi connectivity index (χ3n) is 5.07. The van der Waals surface area contributed by atoms with Crippen molar-refractivity contribution < 1.29 is 4.79 Å². The standard InChI is InChI=1S/C20H29N5O/c1-14-8-7-9-15(12-14)19(24(2)3)20-22-18(13-17(21)26)23-25(20)16-10-5-4-6-11-16/h7-9,12,16,19H,4-6,10-11,13H2,1-3H3,(H2,21,26). The van der Waals surface area contributed by atoms with Gasteiger partial charge in [0.25, 0.3) is 0 Å². The second kappa shape index (κ2) is 7.99.